The van der Waals surface area contributed by atoms with E-state index in [0.717, 1.165) is 44.1 Å². The molecule has 2 aliphatic heterocycles. The van der Waals surface area contributed by atoms with Crippen LogP contribution in [-0.2, 0) is 0 Å². The first-order valence-electron chi connectivity index (χ1n) is 8.04. The molecule has 1 aromatic carbocycles. The van der Waals surface area contributed by atoms with Crippen molar-refractivity contribution >= 4 is 0 Å². The van der Waals surface area contributed by atoms with Crippen molar-refractivity contribution in [1.29, 1.82) is 0 Å². The number of benzene rings is 1. The molecule has 0 saturated carbocycles. The van der Waals surface area contributed by atoms with Gasteiger partial charge in [-0.2, -0.15) is 0 Å². The summed E-state index contributed by atoms with van der Waals surface area (Å²) in [6, 6.07) is 6.76. The second kappa shape index (κ2) is 6.44. The fourth-order valence-corrected chi connectivity index (χ4v) is 3.55. The van der Waals surface area contributed by atoms with Crippen LogP contribution in [0.3, 0.4) is 0 Å². The van der Waals surface area contributed by atoms with E-state index in [4.69, 9.17) is 15.2 Å². The molecule has 1 aromatic rings. The van der Waals surface area contributed by atoms with Crippen LogP contribution in [0.5, 0.6) is 11.5 Å². The molecule has 2 unspecified atom stereocenters. The Balaban J connectivity index is 1.74. The van der Waals surface area contributed by atoms with Gasteiger partial charge in [-0.15, -0.1) is 0 Å². The van der Waals surface area contributed by atoms with Gasteiger partial charge in [-0.25, -0.2) is 0 Å². The molecule has 0 aromatic heterocycles. The molecule has 122 valence electrons. The summed E-state index contributed by atoms with van der Waals surface area (Å²) < 4.78 is 11.6. The number of ether oxygens (including phenoxy) is 2. The van der Waals surface area contributed by atoms with Crippen molar-refractivity contribution in [3.05, 3.63) is 23.8 Å². The second-order valence-electron chi connectivity index (χ2n) is 6.66. The predicted octanol–water partition coefficient (Wildman–Crippen LogP) is 1.34. The quantitative estimate of drug-likeness (QED) is 0.890. The standard InChI is InChI=1S/C17H27N3O2/c1-19-10-14(11-19)22-16-5-4-13(7-17(16)21-3)15-6-12(8-18)9-20(15)2/h4-5,7,12,14-15H,6,8-11,18H2,1-3H3. The highest BCUT2D eigenvalue weighted by Crippen LogP contribution is 2.38. The third-order valence-electron chi connectivity index (χ3n) is 4.86. The van der Waals surface area contributed by atoms with Gasteiger partial charge in [0.1, 0.15) is 6.10 Å². The van der Waals surface area contributed by atoms with Crippen molar-refractivity contribution in [1.82, 2.24) is 9.80 Å². The first-order valence-corrected chi connectivity index (χ1v) is 8.04. The molecular formula is C17H27N3O2. The molecule has 2 N–H and O–H groups in total. The summed E-state index contributed by atoms with van der Waals surface area (Å²) in [6.07, 6.45) is 1.39. The predicted molar refractivity (Wildman–Crippen MR) is 87.4 cm³/mol. The molecule has 2 fully saturated rings. The van der Waals surface area contributed by atoms with Crippen LogP contribution in [0.1, 0.15) is 18.0 Å². The minimum Gasteiger partial charge on any atom is -0.493 e. The van der Waals surface area contributed by atoms with Crippen LogP contribution in [0.4, 0.5) is 0 Å². The zero-order valence-corrected chi connectivity index (χ0v) is 13.8. The summed E-state index contributed by atoms with van der Waals surface area (Å²) in [4.78, 5) is 4.62. The highest BCUT2D eigenvalue weighted by Gasteiger charge is 2.31. The van der Waals surface area contributed by atoms with Gasteiger partial charge in [0.15, 0.2) is 11.5 Å². The Hall–Kier alpha value is -1.30. The lowest BCUT2D eigenvalue weighted by molar-refractivity contribution is 0.0369. The van der Waals surface area contributed by atoms with E-state index < -0.39 is 0 Å². The van der Waals surface area contributed by atoms with Gasteiger partial charge in [0.2, 0.25) is 0 Å². The van der Waals surface area contributed by atoms with E-state index in [-0.39, 0.29) is 6.10 Å². The van der Waals surface area contributed by atoms with Crippen LogP contribution < -0.4 is 15.2 Å². The maximum Gasteiger partial charge on any atom is 0.161 e. The summed E-state index contributed by atoms with van der Waals surface area (Å²) in [5.41, 5.74) is 7.11. The Morgan fingerprint density at radius 2 is 1.95 bits per heavy atom. The molecule has 5 heteroatoms. The van der Waals surface area contributed by atoms with Gasteiger partial charge < -0.3 is 15.2 Å². The van der Waals surface area contributed by atoms with E-state index in [2.05, 4.69) is 42.1 Å². The van der Waals surface area contributed by atoms with E-state index in [1.54, 1.807) is 7.11 Å². The Morgan fingerprint density at radius 3 is 2.55 bits per heavy atom. The number of likely N-dealkylation sites (N-methyl/N-ethyl adjacent to an activating group) is 1. The normalized spacial score (nSPS) is 26.9. The van der Waals surface area contributed by atoms with Crippen molar-refractivity contribution in [2.75, 3.05) is 47.4 Å². The number of rotatable bonds is 5. The zero-order chi connectivity index (χ0) is 15.7. The molecule has 0 amide bonds. The van der Waals surface area contributed by atoms with Gasteiger partial charge >= 0.3 is 0 Å². The number of nitrogens with two attached hydrogens (primary N) is 1. The Morgan fingerprint density at radius 1 is 1.18 bits per heavy atom. The number of likely N-dealkylation sites (tertiary alicyclic amines) is 2. The van der Waals surface area contributed by atoms with Crippen molar-refractivity contribution < 1.29 is 9.47 Å². The minimum atomic E-state index is 0.278. The van der Waals surface area contributed by atoms with Crippen LogP contribution in [0.2, 0.25) is 0 Å². The monoisotopic (exact) mass is 305 g/mol. The Kier molecular flexibility index (Phi) is 4.57. The molecule has 2 aliphatic rings. The van der Waals surface area contributed by atoms with Crippen LogP contribution >= 0.6 is 0 Å². The van der Waals surface area contributed by atoms with Crippen LogP contribution in [0, 0.1) is 5.92 Å². The average Bonchev–Trinajstić information content (AvgIpc) is 2.87. The summed E-state index contributed by atoms with van der Waals surface area (Å²) in [5, 5.41) is 0. The summed E-state index contributed by atoms with van der Waals surface area (Å²) in [6.45, 7) is 3.79. The van der Waals surface area contributed by atoms with E-state index in [9.17, 15) is 0 Å². The molecule has 0 aliphatic carbocycles. The second-order valence-corrected chi connectivity index (χ2v) is 6.66. The van der Waals surface area contributed by atoms with E-state index in [1.165, 1.54) is 5.56 Å². The lowest BCUT2D eigenvalue weighted by Crippen LogP contribution is -2.51. The van der Waals surface area contributed by atoms with Crippen molar-refractivity contribution in [2.45, 2.75) is 18.6 Å². The highest BCUT2D eigenvalue weighted by atomic mass is 16.5. The van der Waals surface area contributed by atoms with Gasteiger partial charge in [0.05, 0.1) is 7.11 Å². The lowest BCUT2D eigenvalue weighted by Gasteiger charge is -2.36. The summed E-state index contributed by atoms with van der Waals surface area (Å²) in [7, 11) is 5.98. The first-order chi connectivity index (χ1) is 10.6. The zero-order valence-electron chi connectivity index (χ0n) is 13.8. The van der Waals surface area contributed by atoms with E-state index in [0.29, 0.717) is 12.0 Å². The Bertz CT molecular complexity index is 517. The molecule has 22 heavy (non-hydrogen) atoms. The van der Waals surface area contributed by atoms with Crippen molar-refractivity contribution in [3.8, 4) is 11.5 Å². The molecule has 0 spiro atoms. The third kappa shape index (κ3) is 3.07. The smallest absolute Gasteiger partial charge is 0.161 e. The third-order valence-corrected chi connectivity index (χ3v) is 4.86. The highest BCUT2D eigenvalue weighted by molar-refractivity contribution is 5.44. The number of hydrogen-bond acceptors (Lipinski definition) is 5. The lowest BCUT2D eigenvalue weighted by atomic mass is 9.99. The van der Waals surface area contributed by atoms with Gasteiger partial charge in [-0.05, 0) is 50.7 Å². The molecule has 2 saturated heterocycles. The summed E-state index contributed by atoms with van der Waals surface area (Å²) in [5.74, 6) is 2.26. The number of methoxy groups -OCH3 is 1. The van der Waals surface area contributed by atoms with E-state index in [1.807, 2.05) is 0 Å². The van der Waals surface area contributed by atoms with E-state index >= 15 is 0 Å². The van der Waals surface area contributed by atoms with Gasteiger partial charge in [-0.1, -0.05) is 6.07 Å². The molecule has 2 atom stereocenters. The fourth-order valence-electron chi connectivity index (χ4n) is 3.55. The van der Waals surface area contributed by atoms with Gasteiger partial charge in [-0.3, -0.25) is 9.80 Å². The summed E-state index contributed by atoms with van der Waals surface area (Å²) >= 11 is 0. The molecule has 3 rings (SSSR count). The van der Waals surface area contributed by atoms with Crippen LogP contribution in [-0.4, -0.2) is 63.3 Å². The SMILES string of the molecule is COc1cc(C2CC(CN)CN2C)ccc1OC1CN(C)C1. The largest absolute Gasteiger partial charge is 0.493 e. The Labute approximate surface area is 133 Å². The van der Waals surface area contributed by atoms with Crippen LogP contribution in [0.15, 0.2) is 18.2 Å². The average molecular weight is 305 g/mol. The van der Waals surface area contributed by atoms with Gasteiger partial charge in [0, 0.05) is 25.7 Å². The molecule has 0 radical (unpaired) electrons. The van der Waals surface area contributed by atoms with Crippen LogP contribution in [0.25, 0.3) is 0 Å². The minimum absolute atomic E-state index is 0.278. The maximum absolute atomic E-state index is 6.03. The van der Waals surface area contributed by atoms with Gasteiger partial charge in [0.25, 0.3) is 0 Å². The molecule has 0 bridgehead atoms. The maximum atomic E-state index is 6.03. The fraction of sp³-hybridized carbons (Fsp3) is 0.647. The van der Waals surface area contributed by atoms with Crippen molar-refractivity contribution in [2.24, 2.45) is 11.7 Å². The molecule has 5 nitrogen and oxygen atoms in total. The topological polar surface area (TPSA) is 51.0 Å². The number of nitrogens with zero attached hydrogens (tertiary/aromatic N) is 2. The first kappa shape index (κ1) is 15.6. The molecule has 2 heterocycles. The molecular weight excluding hydrogens is 278 g/mol. The number of hydrogen-bond donors (Lipinski definition) is 1. The van der Waals surface area contributed by atoms with Crippen molar-refractivity contribution in [3.63, 3.8) is 0 Å².